The summed E-state index contributed by atoms with van der Waals surface area (Å²) in [6.07, 6.45) is -6.71. The largest absolute Gasteiger partial charge is 0.467 e. The minimum absolute atomic E-state index is 0.0329. The van der Waals surface area contributed by atoms with Gasteiger partial charge in [-0.25, -0.2) is 9.59 Å². The van der Waals surface area contributed by atoms with E-state index < -0.39 is 65.4 Å². The Balaban J connectivity index is 1.65. The van der Waals surface area contributed by atoms with Crippen LogP contribution in [-0.2, 0) is 57.8 Å². The van der Waals surface area contributed by atoms with Crippen LogP contribution in [-0.4, -0.2) is 79.1 Å². The Hall–Kier alpha value is -4.40. The molecule has 4 rings (SSSR count). The van der Waals surface area contributed by atoms with Crippen molar-refractivity contribution in [1.82, 2.24) is 5.32 Å². The monoisotopic (exact) mass is 694 g/mol. The smallest absolute Gasteiger partial charge is 0.408 e. The molecule has 50 heavy (non-hydrogen) atoms. The van der Waals surface area contributed by atoms with Crippen LogP contribution in [0, 0.1) is 10.1 Å². The van der Waals surface area contributed by atoms with Crippen LogP contribution in [0.4, 0.5) is 4.79 Å². The van der Waals surface area contributed by atoms with Crippen molar-refractivity contribution in [3.63, 3.8) is 0 Å². The van der Waals surface area contributed by atoms with Gasteiger partial charge in [0, 0.05) is 4.92 Å². The molecule has 0 saturated carbocycles. The Morgan fingerprint density at radius 3 is 1.82 bits per heavy atom. The molecule has 13 nitrogen and oxygen atoms in total. The molecule has 1 amide bonds. The van der Waals surface area contributed by atoms with Gasteiger partial charge in [0.2, 0.25) is 6.29 Å². The van der Waals surface area contributed by atoms with E-state index in [0.29, 0.717) is 0 Å². The molecule has 1 N–H and O–H groups in total. The Labute approximate surface area is 292 Å². The Kier molecular flexibility index (Phi) is 14.2. The second kappa shape index (κ2) is 18.6. The molecule has 1 aliphatic rings. The van der Waals surface area contributed by atoms with Crippen molar-refractivity contribution in [3.05, 3.63) is 118 Å². The van der Waals surface area contributed by atoms with Crippen molar-refractivity contribution >= 4 is 12.1 Å². The molecule has 1 aliphatic heterocycles. The molecule has 1 saturated heterocycles. The fraction of sp³-hybridized carbons (Fsp3) is 0.459. The normalized spacial score (nSPS) is 21.8. The number of amides is 1. The van der Waals surface area contributed by atoms with Gasteiger partial charge in [0.25, 0.3) is 6.04 Å². The maximum atomic E-state index is 12.9. The molecular weight excluding hydrogens is 648 g/mol. The summed E-state index contributed by atoms with van der Waals surface area (Å²) in [7, 11) is 1.15. The van der Waals surface area contributed by atoms with Crippen molar-refractivity contribution in [2.24, 2.45) is 0 Å². The van der Waals surface area contributed by atoms with Gasteiger partial charge >= 0.3 is 12.1 Å². The fourth-order valence-corrected chi connectivity index (χ4v) is 5.37. The lowest BCUT2D eigenvalue weighted by Gasteiger charge is -2.43. The molecule has 0 bridgehead atoms. The van der Waals surface area contributed by atoms with Gasteiger partial charge < -0.3 is 38.5 Å². The van der Waals surface area contributed by atoms with Crippen LogP contribution < -0.4 is 5.32 Å². The van der Waals surface area contributed by atoms with Crippen molar-refractivity contribution in [3.8, 4) is 0 Å². The average Bonchev–Trinajstić information content (AvgIpc) is 3.09. The van der Waals surface area contributed by atoms with Gasteiger partial charge in [0.05, 0.1) is 39.6 Å². The van der Waals surface area contributed by atoms with E-state index >= 15 is 0 Å². The Morgan fingerprint density at radius 1 is 0.840 bits per heavy atom. The molecule has 13 heteroatoms. The number of esters is 1. The molecule has 270 valence electrons. The summed E-state index contributed by atoms with van der Waals surface area (Å²) in [6, 6.07) is 25.1. The number of rotatable bonds is 16. The van der Waals surface area contributed by atoms with Crippen LogP contribution in [0.1, 0.15) is 44.4 Å². The molecule has 3 aromatic carbocycles. The third-order valence-electron chi connectivity index (χ3n) is 7.77. The van der Waals surface area contributed by atoms with Crippen LogP contribution in [0.25, 0.3) is 0 Å². The van der Waals surface area contributed by atoms with Crippen molar-refractivity contribution in [2.75, 3.05) is 13.7 Å². The van der Waals surface area contributed by atoms with Crippen LogP contribution in [0.5, 0.6) is 0 Å². The number of nitro groups is 1. The molecule has 1 fully saturated rings. The maximum absolute atomic E-state index is 12.9. The topological polar surface area (TPSA) is 154 Å². The lowest BCUT2D eigenvalue weighted by molar-refractivity contribution is -0.578. The highest BCUT2D eigenvalue weighted by Gasteiger charge is 2.56. The summed E-state index contributed by atoms with van der Waals surface area (Å²) >= 11 is 0. The van der Waals surface area contributed by atoms with E-state index in [1.165, 1.54) is 6.92 Å². The lowest BCUT2D eigenvalue weighted by atomic mass is 9.96. The molecule has 1 heterocycles. The molecule has 7 atom stereocenters. The second-order valence-corrected chi connectivity index (χ2v) is 12.8. The molecule has 3 aromatic rings. The van der Waals surface area contributed by atoms with Crippen molar-refractivity contribution in [2.45, 2.75) is 95.9 Å². The number of nitrogens with one attached hydrogen (secondary N) is 1. The van der Waals surface area contributed by atoms with Crippen LogP contribution in [0.15, 0.2) is 91.0 Å². The molecule has 0 aliphatic carbocycles. The standard InChI is InChI=1S/C37H46N2O11/c1-25(30(34(40)44-5)38-36(41)50-37(2,3)4)48-35-31(39(42)43)33(47-23-28-19-13-8-14-20-28)32(46-22-27-17-11-7-12-18-27)29(49-35)24-45-21-26-15-9-6-10-16-26/h6-20,25,29-33,35H,21-24H2,1-5H3,(H,38,41)/t25-,29-,30+,31-,32-,33-,35-/m1/s1. The summed E-state index contributed by atoms with van der Waals surface area (Å²) in [5.41, 5.74) is 1.69. The SMILES string of the molecule is COC(=O)[C@@H](NC(=O)OC(C)(C)C)[C@@H](C)O[C@@H]1O[C@H](COCc2ccccc2)[C@@H](OCc2ccccc2)[C@H](OCc2ccccc2)[C@H]1[N+](=O)[O-]. The number of hydrogen-bond donors (Lipinski definition) is 1. The maximum Gasteiger partial charge on any atom is 0.408 e. The summed E-state index contributed by atoms with van der Waals surface area (Å²) in [5, 5.41) is 15.3. The van der Waals surface area contributed by atoms with E-state index in [-0.39, 0.29) is 26.4 Å². The highest BCUT2D eigenvalue weighted by Crippen LogP contribution is 2.31. The number of carbonyl (C=O) groups excluding carboxylic acids is 2. The van der Waals surface area contributed by atoms with Gasteiger partial charge in [-0.05, 0) is 44.4 Å². The zero-order chi connectivity index (χ0) is 36.1. The Morgan fingerprint density at radius 2 is 1.34 bits per heavy atom. The van der Waals surface area contributed by atoms with Gasteiger partial charge in [0.1, 0.15) is 17.8 Å². The molecule has 0 spiro atoms. The molecule has 0 aromatic heterocycles. The number of nitrogens with zero attached hydrogens (tertiary/aromatic N) is 1. The predicted octanol–water partition coefficient (Wildman–Crippen LogP) is 5.22. The first kappa shape index (κ1) is 38.4. The van der Waals surface area contributed by atoms with Gasteiger partial charge in [-0.3, -0.25) is 10.1 Å². The number of ether oxygens (including phenoxy) is 7. The number of carbonyl (C=O) groups is 2. The molecule has 0 unspecified atom stereocenters. The lowest BCUT2D eigenvalue weighted by Crippen LogP contribution is -2.64. The van der Waals surface area contributed by atoms with Gasteiger partial charge in [-0.1, -0.05) is 91.0 Å². The van der Waals surface area contributed by atoms with E-state index in [2.05, 4.69) is 5.32 Å². The number of benzene rings is 3. The zero-order valence-electron chi connectivity index (χ0n) is 29.0. The highest BCUT2D eigenvalue weighted by atomic mass is 16.7. The number of alkyl carbamates (subject to hydrolysis) is 1. The van der Waals surface area contributed by atoms with Gasteiger partial charge in [0.15, 0.2) is 12.1 Å². The van der Waals surface area contributed by atoms with E-state index in [4.69, 9.17) is 33.2 Å². The van der Waals surface area contributed by atoms with Crippen LogP contribution >= 0.6 is 0 Å². The van der Waals surface area contributed by atoms with Gasteiger partial charge in [-0.15, -0.1) is 0 Å². The second-order valence-electron chi connectivity index (χ2n) is 12.8. The first-order valence-corrected chi connectivity index (χ1v) is 16.4. The Bertz CT molecular complexity index is 1490. The first-order chi connectivity index (χ1) is 23.9. The summed E-state index contributed by atoms with van der Waals surface area (Å²) < 4.78 is 41.5. The fourth-order valence-electron chi connectivity index (χ4n) is 5.37. The molecule has 0 radical (unpaired) electrons. The van der Waals surface area contributed by atoms with Crippen molar-refractivity contribution < 1.29 is 47.7 Å². The van der Waals surface area contributed by atoms with E-state index in [9.17, 15) is 19.7 Å². The molecular formula is C37H46N2O11. The van der Waals surface area contributed by atoms with E-state index in [1.54, 1.807) is 20.8 Å². The minimum Gasteiger partial charge on any atom is -0.467 e. The zero-order valence-corrected chi connectivity index (χ0v) is 29.0. The number of methoxy groups -OCH3 is 1. The van der Waals surface area contributed by atoms with E-state index in [1.807, 2.05) is 91.0 Å². The number of hydrogen-bond acceptors (Lipinski definition) is 11. The third-order valence-corrected chi connectivity index (χ3v) is 7.77. The van der Waals surface area contributed by atoms with Crippen LogP contribution in [0.3, 0.4) is 0 Å². The van der Waals surface area contributed by atoms with Crippen molar-refractivity contribution in [1.29, 1.82) is 0 Å². The third kappa shape index (κ3) is 11.6. The first-order valence-electron chi connectivity index (χ1n) is 16.4. The van der Waals surface area contributed by atoms with Gasteiger partial charge in [-0.2, -0.15) is 0 Å². The summed E-state index contributed by atoms with van der Waals surface area (Å²) in [5.74, 6) is -0.847. The summed E-state index contributed by atoms with van der Waals surface area (Å²) in [6.45, 7) is 6.84. The van der Waals surface area contributed by atoms with Crippen LogP contribution in [0.2, 0.25) is 0 Å². The van der Waals surface area contributed by atoms with E-state index in [0.717, 1.165) is 23.8 Å². The quantitative estimate of drug-likeness (QED) is 0.119. The summed E-state index contributed by atoms with van der Waals surface area (Å²) in [4.78, 5) is 37.8. The minimum atomic E-state index is -1.62. The average molecular weight is 695 g/mol. The highest BCUT2D eigenvalue weighted by molar-refractivity contribution is 5.82. The predicted molar refractivity (Wildman–Crippen MR) is 181 cm³/mol.